The van der Waals surface area contributed by atoms with Gasteiger partial charge in [0.15, 0.2) is 5.96 Å². The summed E-state index contributed by atoms with van der Waals surface area (Å²) in [6.45, 7) is 11.5. The Labute approximate surface area is 141 Å². The SMILES string of the molecule is CN=C(NCC(OC)C(C)(C)C)N1CCC(COCCOC)C1. The third-order valence-electron chi connectivity index (χ3n) is 4.28. The van der Waals surface area contributed by atoms with Gasteiger partial charge in [-0.2, -0.15) is 0 Å². The van der Waals surface area contributed by atoms with Crippen molar-refractivity contribution >= 4 is 5.96 Å². The predicted octanol–water partition coefficient (Wildman–Crippen LogP) is 1.61. The van der Waals surface area contributed by atoms with Crippen LogP contribution in [0.5, 0.6) is 0 Å². The van der Waals surface area contributed by atoms with E-state index >= 15 is 0 Å². The second-order valence-electron chi connectivity index (χ2n) is 7.19. The van der Waals surface area contributed by atoms with Crippen LogP contribution in [0.4, 0.5) is 0 Å². The number of methoxy groups -OCH3 is 2. The van der Waals surface area contributed by atoms with Crippen molar-refractivity contribution in [1.82, 2.24) is 10.2 Å². The summed E-state index contributed by atoms with van der Waals surface area (Å²) in [6.07, 6.45) is 1.29. The van der Waals surface area contributed by atoms with E-state index in [1.165, 1.54) is 0 Å². The molecule has 0 bridgehead atoms. The third-order valence-corrected chi connectivity index (χ3v) is 4.28. The van der Waals surface area contributed by atoms with Gasteiger partial charge >= 0.3 is 0 Å². The van der Waals surface area contributed by atoms with E-state index in [4.69, 9.17) is 14.2 Å². The molecule has 0 aliphatic carbocycles. The molecule has 6 heteroatoms. The number of hydrogen-bond donors (Lipinski definition) is 1. The van der Waals surface area contributed by atoms with Crippen LogP contribution in [-0.4, -0.2) is 77.7 Å². The Balaban J connectivity index is 2.38. The summed E-state index contributed by atoms with van der Waals surface area (Å²) in [4.78, 5) is 6.72. The summed E-state index contributed by atoms with van der Waals surface area (Å²) in [7, 11) is 5.30. The van der Waals surface area contributed by atoms with Crippen molar-refractivity contribution in [2.75, 3.05) is 60.7 Å². The molecule has 1 fully saturated rings. The highest BCUT2D eigenvalue weighted by Gasteiger charge is 2.28. The molecule has 0 aromatic rings. The van der Waals surface area contributed by atoms with Gasteiger partial charge in [0.1, 0.15) is 0 Å². The molecule has 2 atom stereocenters. The van der Waals surface area contributed by atoms with E-state index < -0.39 is 0 Å². The first-order valence-corrected chi connectivity index (χ1v) is 8.47. The minimum absolute atomic E-state index is 0.101. The fourth-order valence-electron chi connectivity index (χ4n) is 2.81. The first-order chi connectivity index (χ1) is 10.9. The van der Waals surface area contributed by atoms with Gasteiger partial charge in [-0.1, -0.05) is 20.8 Å². The normalized spacial score (nSPS) is 20.9. The van der Waals surface area contributed by atoms with E-state index in [2.05, 4.69) is 36.0 Å². The molecule has 0 saturated carbocycles. The second-order valence-corrected chi connectivity index (χ2v) is 7.19. The van der Waals surface area contributed by atoms with Gasteiger partial charge in [0.25, 0.3) is 0 Å². The molecule has 1 aliphatic heterocycles. The van der Waals surface area contributed by atoms with Gasteiger partial charge in [-0.25, -0.2) is 0 Å². The Morgan fingerprint density at radius 2 is 2.04 bits per heavy atom. The van der Waals surface area contributed by atoms with Gasteiger partial charge in [0.2, 0.25) is 0 Å². The van der Waals surface area contributed by atoms with E-state index in [1.807, 2.05) is 7.05 Å². The highest BCUT2D eigenvalue weighted by Crippen LogP contribution is 2.21. The maximum absolute atomic E-state index is 5.65. The van der Waals surface area contributed by atoms with Gasteiger partial charge in [-0.15, -0.1) is 0 Å². The topological polar surface area (TPSA) is 55.3 Å². The lowest BCUT2D eigenvalue weighted by atomic mass is 9.89. The summed E-state index contributed by atoms with van der Waals surface area (Å²) in [5, 5.41) is 3.46. The van der Waals surface area contributed by atoms with Gasteiger partial charge in [0.05, 0.1) is 25.9 Å². The summed E-state index contributed by atoms with van der Waals surface area (Å²) in [5.41, 5.74) is 0.101. The van der Waals surface area contributed by atoms with E-state index in [-0.39, 0.29) is 11.5 Å². The lowest BCUT2D eigenvalue weighted by Gasteiger charge is -2.31. The summed E-state index contributed by atoms with van der Waals surface area (Å²) < 4.78 is 16.2. The van der Waals surface area contributed by atoms with Crippen molar-refractivity contribution in [3.63, 3.8) is 0 Å². The van der Waals surface area contributed by atoms with Crippen LogP contribution in [0.15, 0.2) is 4.99 Å². The molecule has 136 valence electrons. The van der Waals surface area contributed by atoms with Gasteiger partial charge in [-0.3, -0.25) is 4.99 Å². The van der Waals surface area contributed by atoms with Crippen LogP contribution in [0, 0.1) is 11.3 Å². The Hall–Kier alpha value is -0.850. The van der Waals surface area contributed by atoms with Crippen molar-refractivity contribution in [3.05, 3.63) is 0 Å². The predicted molar refractivity (Wildman–Crippen MR) is 94.0 cm³/mol. The van der Waals surface area contributed by atoms with E-state index in [9.17, 15) is 0 Å². The number of nitrogens with one attached hydrogen (secondary N) is 1. The molecular weight excluding hydrogens is 294 g/mol. The average molecular weight is 329 g/mol. The molecule has 6 nitrogen and oxygen atoms in total. The number of hydrogen-bond acceptors (Lipinski definition) is 4. The molecule has 23 heavy (non-hydrogen) atoms. The second kappa shape index (κ2) is 10.1. The molecule has 2 unspecified atom stereocenters. The summed E-state index contributed by atoms with van der Waals surface area (Å²) >= 11 is 0. The Bertz CT molecular complexity index is 355. The largest absolute Gasteiger partial charge is 0.382 e. The van der Waals surface area contributed by atoms with Gasteiger partial charge in [-0.05, 0) is 11.8 Å². The van der Waals surface area contributed by atoms with Crippen LogP contribution in [-0.2, 0) is 14.2 Å². The maximum atomic E-state index is 5.65. The zero-order valence-corrected chi connectivity index (χ0v) is 15.7. The Morgan fingerprint density at radius 1 is 1.30 bits per heavy atom. The monoisotopic (exact) mass is 329 g/mol. The third kappa shape index (κ3) is 7.06. The maximum Gasteiger partial charge on any atom is 0.193 e. The summed E-state index contributed by atoms with van der Waals surface area (Å²) in [6, 6.07) is 0. The lowest BCUT2D eigenvalue weighted by Crippen LogP contribution is -2.46. The van der Waals surface area contributed by atoms with Crippen LogP contribution >= 0.6 is 0 Å². The number of aliphatic imine (C=N–C) groups is 1. The van der Waals surface area contributed by atoms with Crippen molar-refractivity contribution in [2.24, 2.45) is 16.3 Å². The molecule has 0 aromatic heterocycles. The number of likely N-dealkylation sites (tertiary alicyclic amines) is 1. The molecular formula is C17H35N3O3. The van der Waals surface area contributed by atoms with Crippen LogP contribution in [0.25, 0.3) is 0 Å². The van der Waals surface area contributed by atoms with Gasteiger partial charge in [0, 0.05) is 46.8 Å². The standard InChI is InChI=1S/C17H35N3O3/c1-17(2,3)15(22-6)11-19-16(18-4)20-8-7-14(12-20)13-23-10-9-21-5/h14-15H,7-13H2,1-6H3,(H,18,19). The van der Waals surface area contributed by atoms with Crippen LogP contribution < -0.4 is 5.32 Å². The number of ether oxygens (including phenoxy) is 3. The Kier molecular flexibility index (Phi) is 8.87. The minimum Gasteiger partial charge on any atom is -0.382 e. The molecule has 0 radical (unpaired) electrons. The molecule has 1 N–H and O–H groups in total. The minimum atomic E-state index is 0.101. The highest BCUT2D eigenvalue weighted by atomic mass is 16.5. The smallest absolute Gasteiger partial charge is 0.193 e. The molecule has 1 heterocycles. The van der Waals surface area contributed by atoms with Crippen molar-refractivity contribution in [1.29, 1.82) is 0 Å². The first kappa shape index (κ1) is 20.2. The highest BCUT2D eigenvalue weighted by molar-refractivity contribution is 5.80. The molecule has 1 saturated heterocycles. The zero-order valence-electron chi connectivity index (χ0n) is 15.7. The fraction of sp³-hybridized carbons (Fsp3) is 0.941. The van der Waals surface area contributed by atoms with Crippen LogP contribution in [0.2, 0.25) is 0 Å². The van der Waals surface area contributed by atoms with E-state index in [1.54, 1.807) is 14.2 Å². The summed E-state index contributed by atoms with van der Waals surface area (Å²) in [5.74, 6) is 1.52. The van der Waals surface area contributed by atoms with Crippen molar-refractivity contribution in [3.8, 4) is 0 Å². The van der Waals surface area contributed by atoms with Crippen LogP contribution in [0.3, 0.4) is 0 Å². The molecule has 1 rings (SSSR count). The van der Waals surface area contributed by atoms with E-state index in [0.717, 1.165) is 38.6 Å². The lowest BCUT2D eigenvalue weighted by molar-refractivity contribution is 0.0201. The number of guanidine groups is 1. The molecule has 0 spiro atoms. The van der Waals surface area contributed by atoms with Gasteiger partial charge < -0.3 is 24.4 Å². The number of nitrogens with zero attached hydrogens (tertiary/aromatic N) is 2. The fourth-order valence-corrected chi connectivity index (χ4v) is 2.81. The number of rotatable bonds is 8. The van der Waals surface area contributed by atoms with E-state index in [0.29, 0.717) is 19.1 Å². The zero-order chi connectivity index (χ0) is 17.3. The average Bonchev–Trinajstić information content (AvgIpc) is 2.95. The molecule has 0 aromatic carbocycles. The van der Waals surface area contributed by atoms with Crippen molar-refractivity contribution < 1.29 is 14.2 Å². The Morgan fingerprint density at radius 3 is 2.61 bits per heavy atom. The molecule has 0 amide bonds. The van der Waals surface area contributed by atoms with Crippen molar-refractivity contribution in [2.45, 2.75) is 33.3 Å². The molecule has 1 aliphatic rings. The first-order valence-electron chi connectivity index (χ1n) is 8.47. The quantitative estimate of drug-likeness (QED) is 0.416. The van der Waals surface area contributed by atoms with Crippen LogP contribution in [0.1, 0.15) is 27.2 Å².